The predicted octanol–water partition coefficient (Wildman–Crippen LogP) is 3.45. The van der Waals surface area contributed by atoms with E-state index < -0.39 is 0 Å². The van der Waals surface area contributed by atoms with Crippen molar-refractivity contribution < 1.29 is 4.74 Å². The molecule has 1 atom stereocenters. The van der Waals surface area contributed by atoms with Crippen molar-refractivity contribution in [3.8, 4) is 0 Å². The predicted molar refractivity (Wildman–Crippen MR) is 85.7 cm³/mol. The van der Waals surface area contributed by atoms with Crippen molar-refractivity contribution in [3.63, 3.8) is 0 Å². The number of halogens is 1. The lowest BCUT2D eigenvalue weighted by atomic mass is 10.0. The Labute approximate surface area is 127 Å². The van der Waals surface area contributed by atoms with Crippen molar-refractivity contribution in [2.45, 2.75) is 45.4 Å². The van der Waals surface area contributed by atoms with E-state index in [4.69, 9.17) is 16.3 Å². The maximum absolute atomic E-state index is 6.19. The Morgan fingerprint density at radius 1 is 1.45 bits per heavy atom. The summed E-state index contributed by atoms with van der Waals surface area (Å²) in [7, 11) is 1.80. The van der Waals surface area contributed by atoms with E-state index >= 15 is 0 Å². The second kappa shape index (κ2) is 7.30. The average Bonchev–Trinajstić information content (AvgIpc) is 2.46. The molecule has 4 heteroatoms. The second-order valence-electron chi connectivity index (χ2n) is 5.75. The molecule has 0 radical (unpaired) electrons. The summed E-state index contributed by atoms with van der Waals surface area (Å²) in [5.41, 5.74) is 2.55. The van der Waals surface area contributed by atoms with E-state index in [1.54, 1.807) is 7.11 Å². The first-order valence-electron chi connectivity index (χ1n) is 7.39. The molecule has 0 aromatic heterocycles. The van der Waals surface area contributed by atoms with E-state index in [0.717, 1.165) is 31.1 Å². The molecule has 1 saturated heterocycles. The van der Waals surface area contributed by atoms with Gasteiger partial charge in [-0.05, 0) is 30.5 Å². The first-order chi connectivity index (χ1) is 9.60. The van der Waals surface area contributed by atoms with Crippen LogP contribution in [0.3, 0.4) is 0 Å². The van der Waals surface area contributed by atoms with Crippen molar-refractivity contribution in [2.75, 3.05) is 25.1 Å². The third-order valence-electron chi connectivity index (χ3n) is 3.80. The topological polar surface area (TPSA) is 24.5 Å². The van der Waals surface area contributed by atoms with Crippen molar-refractivity contribution in [1.29, 1.82) is 0 Å². The fourth-order valence-corrected chi connectivity index (χ4v) is 2.81. The van der Waals surface area contributed by atoms with Gasteiger partial charge >= 0.3 is 0 Å². The Morgan fingerprint density at radius 3 is 2.95 bits per heavy atom. The van der Waals surface area contributed by atoms with Gasteiger partial charge in [-0.25, -0.2) is 0 Å². The zero-order valence-corrected chi connectivity index (χ0v) is 13.4. The van der Waals surface area contributed by atoms with Crippen LogP contribution in [0.25, 0.3) is 0 Å². The van der Waals surface area contributed by atoms with Crippen LogP contribution in [0, 0.1) is 0 Å². The minimum Gasteiger partial charge on any atom is -0.380 e. The van der Waals surface area contributed by atoms with Crippen LogP contribution in [-0.2, 0) is 11.3 Å². The number of rotatable bonds is 5. The lowest BCUT2D eigenvalue weighted by molar-refractivity contribution is 0.0893. The summed E-state index contributed by atoms with van der Waals surface area (Å²) in [6.07, 6.45) is 2.64. The van der Waals surface area contributed by atoms with Gasteiger partial charge in [-0.3, -0.25) is 0 Å². The van der Waals surface area contributed by atoms with Crippen molar-refractivity contribution in [3.05, 3.63) is 28.8 Å². The average molecular weight is 297 g/mol. The first-order valence-corrected chi connectivity index (χ1v) is 7.77. The highest BCUT2D eigenvalue weighted by atomic mass is 35.5. The highest BCUT2D eigenvalue weighted by Gasteiger charge is 2.21. The zero-order chi connectivity index (χ0) is 14.5. The summed E-state index contributed by atoms with van der Waals surface area (Å²) >= 11 is 6.19. The summed E-state index contributed by atoms with van der Waals surface area (Å²) < 4.78 is 5.52. The van der Waals surface area contributed by atoms with Gasteiger partial charge in [-0.15, -0.1) is 0 Å². The fraction of sp³-hybridized carbons (Fsp3) is 0.625. The summed E-state index contributed by atoms with van der Waals surface area (Å²) in [4.78, 5) is 2.40. The minimum absolute atomic E-state index is 0.327. The van der Waals surface area contributed by atoms with Crippen molar-refractivity contribution >= 4 is 17.3 Å². The molecule has 0 spiro atoms. The Kier molecular flexibility index (Phi) is 5.70. The summed E-state index contributed by atoms with van der Waals surface area (Å²) in [6.45, 7) is 7.23. The van der Waals surface area contributed by atoms with Crippen LogP contribution in [0.15, 0.2) is 18.2 Å². The molecule has 3 nitrogen and oxygen atoms in total. The molecule has 2 rings (SSSR count). The molecule has 0 bridgehead atoms. The molecule has 0 saturated carbocycles. The van der Waals surface area contributed by atoms with E-state index in [9.17, 15) is 0 Å². The van der Waals surface area contributed by atoms with Gasteiger partial charge in [0.15, 0.2) is 0 Å². The molecule has 0 amide bonds. The fourth-order valence-electron chi connectivity index (χ4n) is 2.64. The Hall–Kier alpha value is -0.770. The highest BCUT2D eigenvalue weighted by molar-refractivity contribution is 6.30. The van der Waals surface area contributed by atoms with Crippen LogP contribution in [0.2, 0.25) is 5.02 Å². The standard InChI is InChI=1S/C16H25ClN2O/c1-12(2)18-10-13-6-7-14(17)9-16(13)19-8-4-5-15(11-19)20-3/h6-7,9,12,15,18H,4-5,8,10-11H2,1-3H3. The van der Waals surface area contributed by atoms with Gasteiger partial charge in [-0.2, -0.15) is 0 Å². The number of anilines is 1. The molecule has 1 unspecified atom stereocenters. The van der Waals surface area contributed by atoms with Gasteiger partial charge in [0.25, 0.3) is 0 Å². The van der Waals surface area contributed by atoms with Crippen LogP contribution in [0.5, 0.6) is 0 Å². The quantitative estimate of drug-likeness (QED) is 0.901. The van der Waals surface area contributed by atoms with E-state index in [-0.39, 0.29) is 0 Å². The van der Waals surface area contributed by atoms with E-state index in [0.29, 0.717) is 12.1 Å². The number of hydrogen-bond donors (Lipinski definition) is 1. The molecule has 0 aliphatic carbocycles. The molecular formula is C16H25ClN2O. The van der Waals surface area contributed by atoms with E-state index in [1.807, 2.05) is 6.07 Å². The van der Waals surface area contributed by atoms with Crippen LogP contribution >= 0.6 is 11.6 Å². The molecule has 1 aliphatic heterocycles. The van der Waals surface area contributed by atoms with Gasteiger partial charge < -0.3 is 15.0 Å². The molecule has 1 aromatic carbocycles. The van der Waals surface area contributed by atoms with Gasteiger partial charge in [-0.1, -0.05) is 31.5 Å². The third-order valence-corrected chi connectivity index (χ3v) is 4.04. The molecule has 1 aliphatic rings. The lowest BCUT2D eigenvalue weighted by Crippen LogP contribution is -2.40. The first kappa shape index (κ1) is 15.6. The van der Waals surface area contributed by atoms with Crippen molar-refractivity contribution in [2.24, 2.45) is 0 Å². The number of benzene rings is 1. The lowest BCUT2D eigenvalue weighted by Gasteiger charge is -2.35. The van der Waals surface area contributed by atoms with Crippen LogP contribution < -0.4 is 10.2 Å². The Balaban J connectivity index is 2.17. The Morgan fingerprint density at radius 2 is 2.25 bits per heavy atom. The smallest absolute Gasteiger partial charge is 0.0746 e. The highest BCUT2D eigenvalue weighted by Crippen LogP contribution is 2.28. The maximum Gasteiger partial charge on any atom is 0.0746 e. The summed E-state index contributed by atoms with van der Waals surface area (Å²) in [6, 6.07) is 6.66. The third kappa shape index (κ3) is 4.11. The SMILES string of the molecule is COC1CCCN(c2cc(Cl)ccc2CNC(C)C)C1. The summed E-state index contributed by atoms with van der Waals surface area (Å²) in [5, 5.41) is 4.28. The maximum atomic E-state index is 6.19. The minimum atomic E-state index is 0.327. The van der Waals surface area contributed by atoms with Crippen molar-refractivity contribution in [1.82, 2.24) is 5.32 Å². The van der Waals surface area contributed by atoms with Gasteiger partial charge in [0.2, 0.25) is 0 Å². The number of piperidine rings is 1. The zero-order valence-electron chi connectivity index (χ0n) is 12.7. The number of ether oxygens (including phenoxy) is 1. The molecule has 20 heavy (non-hydrogen) atoms. The number of hydrogen-bond acceptors (Lipinski definition) is 3. The van der Waals surface area contributed by atoms with Crippen LogP contribution in [0.4, 0.5) is 5.69 Å². The molecule has 1 aromatic rings. The molecular weight excluding hydrogens is 272 g/mol. The second-order valence-corrected chi connectivity index (χ2v) is 6.19. The number of methoxy groups -OCH3 is 1. The molecule has 1 fully saturated rings. The molecule has 1 N–H and O–H groups in total. The monoisotopic (exact) mass is 296 g/mol. The van der Waals surface area contributed by atoms with Gasteiger partial charge in [0.05, 0.1) is 6.10 Å². The van der Waals surface area contributed by atoms with Gasteiger partial charge in [0.1, 0.15) is 0 Å². The normalized spacial score (nSPS) is 19.6. The van der Waals surface area contributed by atoms with Crippen LogP contribution in [-0.4, -0.2) is 32.3 Å². The molecule has 112 valence electrons. The summed E-state index contributed by atoms with van der Waals surface area (Å²) in [5.74, 6) is 0. The van der Waals surface area contributed by atoms with Crippen LogP contribution in [0.1, 0.15) is 32.3 Å². The van der Waals surface area contributed by atoms with E-state index in [2.05, 4.69) is 36.2 Å². The van der Waals surface area contributed by atoms with E-state index in [1.165, 1.54) is 17.7 Å². The van der Waals surface area contributed by atoms with Gasteiger partial charge in [0, 0.05) is 43.5 Å². The number of nitrogens with zero attached hydrogens (tertiary/aromatic N) is 1. The largest absolute Gasteiger partial charge is 0.380 e. The Bertz CT molecular complexity index is 436. The number of nitrogens with one attached hydrogen (secondary N) is 1. The molecule has 1 heterocycles.